The van der Waals surface area contributed by atoms with E-state index in [1.54, 1.807) is 12.1 Å². The van der Waals surface area contributed by atoms with Gasteiger partial charge in [-0.25, -0.2) is 8.78 Å². The van der Waals surface area contributed by atoms with Crippen molar-refractivity contribution in [3.8, 4) is 12.1 Å². The Bertz CT molecular complexity index is 913. The van der Waals surface area contributed by atoms with E-state index in [2.05, 4.69) is 16.7 Å². The first kappa shape index (κ1) is 19.0. The van der Waals surface area contributed by atoms with Crippen LogP contribution in [-0.2, 0) is 13.1 Å². The van der Waals surface area contributed by atoms with Gasteiger partial charge in [-0.3, -0.25) is 9.80 Å². The molecule has 1 aliphatic rings. The van der Waals surface area contributed by atoms with E-state index in [-0.39, 0.29) is 17.7 Å². The average molecular weight is 366 g/mol. The molecule has 1 unspecified atom stereocenters. The summed E-state index contributed by atoms with van der Waals surface area (Å²) in [4.78, 5) is 4.31. The molecule has 138 valence electrons. The summed E-state index contributed by atoms with van der Waals surface area (Å²) >= 11 is 0. The van der Waals surface area contributed by atoms with Gasteiger partial charge in [0.15, 0.2) is 0 Å². The van der Waals surface area contributed by atoms with E-state index < -0.39 is 0 Å². The van der Waals surface area contributed by atoms with Crippen molar-refractivity contribution in [2.75, 3.05) is 19.6 Å². The largest absolute Gasteiger partial charge is 0.296 e. The number of hydrogen-bond donors (Lipinski definition) is 0. The summed E-state index contributed by atoms with van der Waals surface area (Å²) in [5.41, 5.74) is 1.93. The van der Waals surface area contributed by atoms with Crippen molar-refractivity contribution < 1.29 is 8.78 Å². The van der Waals surface area contributed by atoms with Crippen LogP contribution in [0.3, 0.4) is 0 Å². The van der Waals surface area contributed by atoms with Crippen molar-refractivity contribution in [1.29, 1.82) is 10.5 Å². The lowest BCUT2D eigenvalue weighted by atomic mass is 10.1. The molecule has 1 fully saturated rings. The second-order valence-corrected chi connectivity index (χ2v) is 6.89. The second kappa shape index (κ2) is 8.26. The Morgan fingerprint density at radius 1 is 0.926 bits per heavy atom. The van der Waals surface area contributed by atoms with Crippen LogP contribution in [0.1, 0.15) is 29.2 Å². The number of nitriles is 2. The first-order valence-corrected chi connectivity index (χ1v) is 8.83. The summed E-state index contributed by atoms with van der Waals surface area (Å²) in [6.45, 7) is 5.10. The number of hydrogen-bond acceptors (Lipinski definition) is 4. The zero-order chi connectivity index (χ0) is 19.4. The Morgan fingerprint density at radius 2 is 1.48 bits per heavy atom. The minimum atomic E-state index is -0.306. The van der Waals surface area contributed by atoms with E-state index in [4.69, 9.17) is 10.5 Å². The number of benzene rings is 2. The molecule has 0 amide bonds. The number of nitrogens with zero attached hydrogens (tertiary/aromatic N) is 4. The van der Waals surface area contributed by atoms with Gasteiger partial charge in [-0.2, -0.15) is 10.5 Å². The zero-order valence-electron chi connectivity index (χ0n) is 15.1. The van der Waals surface area contributed by atoms with E-state index in [0.29, 0.717) is 35.3 Å². The fraction of sp³-hybridized carbons (Fsp3) is 0.333. The Kier molecular flexibility index (Phi) is 5.81. The molecule has 2 aromatic rings. The lowest BCUT2D eigenvalue weighted by Gasteiger charge is -2.40. The summed E-state index contributed by atoms with van der Waals surface area (Å²) < 4.78 is 28.1. The van der Waals surface area contributed by atoms with Crippen LogP contribution in [0.5, 0.6) is 0 Å². The molecule has 1 heterocycles. The van der Waals surface area contributed by atoms with E-state index in [9.17, 15) is 8.78 Å². The average Bonchev–Trinajstić information content (AvgIpc) is 2.67. The molecule has 2 aromatic carbocycles. The highest BCUT2D eigenvalue weighted by Crippen LogP contribution is 2.20. The molecule has 27 heavy (non-hydrogen) atoms. The van der Waals surface area contributed by atoms with Crippen LogP contribution in [0.2, 0.25) is 0 Å². The third kappa shape index (κ3) is 4.49. The fourth-order valence-corrected chi connectivity index (χ4v) is 3.44. The van der Waals surface area contributed by atoms with Gasteiger partial charge in [-0.1, -0.05) is 0 Å². The molecular weight excluding hydrogens is 346 g/mol. The van der Waals surface area contributed by atoms with Crippen molar-refractivity contribution in [2.24, 2.45) is 0 Å². The maximum atomic E-state index is 14.1. The molecule has 6 heteroatoms. The Balaban J connectivity index is 1.65. The van der Waals surface area contributed by atoms with Gasteiger partial charge >= 0.3 is 0 Å². The molecule has 0 radical (unpaired) electrons. The van der Waals surface area contributed by atoms with Crippen LogP contribution in [-0.4, -0.2) is 35.5 Å². The highest BCUT2D eigenvalue weighted by atomic mass is 19.1. The van der Waals surface area contributed by atoms with Crippen molar-refractivity contribution in [3.05, 3.63) is 70.3 Å². The van der Waals surface area contributed by atoms with E-state index in [0.717, 1.165) is 19.6 Å². The third-order valence-corrected chi connectivity index (χ3v) is 4.97. The summed E-state index contributed by atoms with van der Waals surface area (Å²) in [6, 6.07) is 13.0. The van der Waals surface area contributed by atoms with E-state index in [1.165, 1.54) is 24.3 Å². The molecule has 1 atom stereocenters. The highest BCUT2D eigenvalue weighted by Gasteiger charge is 2.25. The first-order chi connectivity index (χ1) is 13.0. The van der Waals surface area contributed by atoms with Gasteiger partial charge in [0.05, 0.1) is 23.3 Å². The molecule has 0 saturated carbocycles. The minimum Gasteiger partial charge on any atom is -0.296 e. The lowest BCUT2D eigenvalue weighted by Crippen LogP contribution is -2.51. The molecular formula is C21H20F2N4. The van der Waals surface area contributed by atoms with Gasteiger partial charge in [0.25, 0.3) is 0 Å². The molecule has 3 rings (SSSR count). The van der Waals surface area contributed by atoms with Gasteiger partial charge in [0, 0.05) is 49.9 Å². The standard InChI is InChI=1S/C21H20F2N4/c1-15-12-26(13-18-8-16(10-24)2-4-20(18)22)6-7-27(15)14-19-9-17(11-25)3-5-21(19)23/h2-5,8-9,15H,6-7,12-14H2,1H3. The molecule has 0 N–H and O–H groups in total. The van der Waals surface area contributed by atoms with Crippen LogP contribution in [0.4, 0.5) is 8.78 Å². The molecule has 0 spiro atoms. The Labute approximate surface area is 157 Å². The van der Waals surface area contributed by atoms with Gasteiger partial charge < -0.3 is 0 Å². The topological polar surface area (TPSA) is 54.1 Å². The highest BCUT2D eigenvalue weighted by molar-refractivity contribution is 5.34. The zero-order valence-corrected chi connectivity index (χ0v) is 15.1. The van der Waals surface area contributed by atoms with Crippen molar-refractivity contribution in [3.63, 3.8) is 0 Å². The number of piperazine rings is 1. The normalized spacial score (nSPS) is 18.0. The minimum absolute atomic E-state index is 0.158. The van der Waals surface area contributed by atoms with Gasteiger partial charge in [0.2, 0.25) is 0 Å². The Morgan fingerprint density at radius 3 is 2.00 bits per heavy atom. The van der Waals surface area contributed by atoms with Crippen LogP contribution in [0.25, 0.3) is 0 Å². The predicted octanol–water partition coefficient (Wildman–Crippen LogP) is 3.41. The predicted molar refractivity (Wildman–Crippen MR) is 97.4 cm³/mol. The second-order valence-electron chi connectivity index (χ2n) is 6.89. The summed E-state index contributed by atoms with van der Waals surface area (Å²) in [6.07, 6.45) is 0. The number of halogens is 2. The number of rotatable bonds is 4. The van der Waals surface area contributed by atoms with Crippen LogP contribution >= 0.6 is 0 Å². The maximum Gasteiger partial charge on any atom is 0.127 e. The molecule has 0 aliphatic carbocycles. The van der Waals surface area contributed by atoms with Gasteiger partial charge in [0.1, 0.15) is 11.6 Å². The quantitative estimate of drug-likeness (QED) is 0.832. The van der Waals surface area contributed by atoms with E-state index in [1.807, 2.05) is 12.1 Å². The molecule has 0 aromatic heterocycles. The van der Waals surface area contributed by atoms with E-state index >= 15 is 0 Å². The summed E-state index contributed by atoms with van der Waals surface area (Å²) in [5.74, 6) is -0.613. The molecule has 4 nitrogen and oxygen atoms in total. The maximum absolute atomic E-state index is 14.1. The third-order valence-electron chi connectivity index (χ3n) is 4.97. The van der Waals surface area contributed by atoms with Crippen molar-refractivity contribution in [2.45, 2.75) is 26.1 Å². The van der Waals surface area contributed by atoms with Gasteiger partial charge in [-0.15, -0.1) is 0 Å². The summed E-state index contributed by atoms with van der Waals surface area (Å²) in [5, 5.41) is 18.0. The molecule has 1 aliphatic heterocycles. The van der Waals surface area contributed by atoms with Gasteiger partial charge in [-0.05, 0) is 43.3 Å². The lowest BCUT2D eigenvalue weighted by molar-refractivity contribution is 0.0718. The smallest absolute Gasteiger partial charge is 0.127 e. The van der Waals surface area contributed by atoms with Crippen LogP contribution < -0.4 is 0 Å². The van der Waals surface area contributed by atoms with Crippen LogP contribution in [0, 0.1) is 34.3 Å². The molecule has 0 bridgehead atoms. The Hall–Kier alpha value is -2.80. The summed E-state index contributed by atoms with van der Waals surface area (Å²) in [7, 11) is 0. The molecule has 1 saturated heterocycles. The fourth-order valence-electron chi connectivity index (χ4n) is 3.44. The first-order valence-electron chi connectivity index (χ1n) is 8.83. The van der Waals surface area contributed by atoms with Crippen molar-refractivity contribution in [1.82, 2.24) is 9.80 Å². The SMILES string of the molecule is CC1CN(Cc2cc(C#N)ccc2F)CCN1Cc1cc(C#N)ccc1F. The van der Waals surface area contributed by atoms with Crippen LogP contribution in [0.15, 0.2) is 36.4 Å². The van der Waals surface area contributed by atoms with Crippen molar-refractivity contribution >= 4 is 0 Å². The monoisotopic (exact) mass is 366 g/mol.